The Kier molecular flexibility index (Phi) is 3.92. The zero-order chi connectivity index (χ0) is 9.68. The van der Waals surface area contributed by atoms with Crippen molar-refractivity contribution >= 4 is 17.3 Å². The number of likely N-dealkylation sites (N-methyl/N-ethyl adjacent to an activating group) is 1. The van der Waals surface area contributed by atoms with Crippen LogP contribution >= 0.6 is 11.3 Å². The number of methoxy groups -OCH3 is 1. The van der Waals surface area contributed by atoms with Crippen LogP contribution in [0.2, 0.25) is 0 Å². The Labute approximate surface area is 81.7 Å². The molecule has 4 heteroatoms. The first-order chi connectivity index (χ1) is 6.29. The normalized spacial score (nSPS) is 12.5. The SMILES string of the molecule is CCNC(C(=O)OC)c1ccsc1. The summed E-state index contributed by atoms with van der Waals surface area (Å²) in [5, 5.41) is 6.96. The molecule has 1 rings (SSSR count). The van der Waals surface area contributed by atoms with Gasteiger partial charge in [-0.15, -0.1) is 0 Å². The maximum atomic E-state index is 11.3. The molecule has 3 nitrogen and oxygen atoms in total. The molecule has 0 bridgehead atoms. The number of thiophene rings is 1. The lowest BCUT2D eigenvalue weighted by Gasteiger charge is -2.13. The van der Waals surface area contributed by atoms with Crippen molar-refractivity contribution in [1.29, 1.82) is 0 Å². The topological polar surface area (TPSA) is 38.3 Å². The molecule has 0 spiro atoms. The van der Waals surface area contributed by atoms with Gasteiger partial charge in [0.25, 0.3) is 0 Å². The summed E-state index contributed by atoms with van der Waals surface area (Å²) < 4.78 is 4.69. The highest BCUT2D eigenvalue weighted by molar-refractivity contribution is 7.08. The third-order valence-corrected chi connectivity index (χ3v) is 2.42. The summed E-state index contributed by atoms with van der Waals surface area (Å²) >= 11 is 1.57. The summed E-state index contributed by atoms with van der Waals surface area (Å²) in [5.74, 6) is -0.236. The van der Waals surface area contributed by atoms with Crippen molar-refractivity contribution < 1.29 is 9.53 Å². The van der Waals surface area contributed by atoms with Crippen molar-refractivity contribution in [3.05, 3.63) is 22.4 Å². The first-order valence-corrected chi connectivity index (χ1v) is 5.07. The second kappa shape index (κ2) is 4.99. The molecule has 13 heavy (non-hydrogen) atoms. The molecule has 0 aliphatic carbocycles. The van der Waals surface area contributed by atoms with E-state index < -0.39 is 0 Å². The van der Waals surface area contributed by atoms with Gasteiger partial charge in [0.05, 0.1) is 7.11 Å². The van der Waals surface area contributed by atoms with Crippen LogP contribution in [0.1, 0.15) is 18.5 Å². The van der Waals surface area contributed by atoms with E-state index >= 15 is 0 Å². The second-order valence-corrected chi connectivity index (χ2v) is 3.35. The number of rotatable bonds is 4. The fraction of sp³-hybridized carbons (Fsp3) is 0.444. The van der Waals surface area contributed by atoms with Crippen molar-refractivity contribution in [3.63, 3.8) is 0 Å². The molecule has 0 fully saturated rings. The highest BCUT2D eigenvalue weighted by Gasteiger charge is 2.19. The van der Waals surface area contributed by atoms with Gasteiger partial charge in [0.1, 0.15) is 6.04 Å². The van der Waals surface area contributed by atoms with Gasteiger partial charge in [-0.3, -0.25) is 0 Å². The highest BCUT2D eigenvalue weighted by atomic mass is 32.1. The Bertz CT molecular complexity index is 259. The van der Waals surface area contributed by atoms with Crippen LogP contribution in [0, 0.1) is 0 Å². The highest BCUT2D eigenvalue weighted by Crippen LogP contribution is 2.17. The Morgan fingerprint density at radius 1 is 1.77 bits per heavy atom. The minimum atomic E-state index is -0.318. The van der Waals surface area contributed by atoms with Gasteiger partial charge < -0.3 is 10.1 Å². The van der Waals surface area contributed by atoms with Gasteiger partial charge in [0.15, 0.2) is 0 Å². The lowest BCUT2D eigenvalue weighted by molar-refractivity contribution is -0.143. The third-order valence-electron chi connectivity index (χ3n) is 1.72. The standard InChI is InChI=1S/C9H13NO2S/c1-3-10-8(9(11)12-2)7-4-5-13-6-7/h4-6,8,10H,3H2,1-2H3. The molecule has 1 heterocycles. The zero-order valence-electron chi connectivity index (χ0n) is 7.74. The summed E-state index contributed by atoms with van der Waals surface area (Å²) in [7, 11) is 1.40. The predicted octanol–water partition coefficient (Wildman–Crippen LogP) is 1.57. The smallest absolute Gasteiger partial charge is 0.327 e. The van der Waals surface area contributed by atoms with E-state index in [4.69, 9.17) is 4.74 Å². The molecule has 0 saturated heterocycles. The van der Waals surface area contributed by atoms with Crippen molar-refractivity contribution in [3.8, 4) is 0 Å². The average molecular weight is 199 g/mol. The number of hydrogen-bond donors (Lipinski definition) is 1. The summed E-state index contributed by atoms with van der Waals surface area (Å²) in [6.45, 7) is 2.71. The molecule has 0 saturated carbocycles. The van der Waals surface area contributed by atoms with Crippen LogP contribution in [0.5, 0.6) is 0 Å². The van der Waals surface area contributed by atoms with Crippen molar-refractivity contribution in [2.45, 2.75) is 13.0 Å². The van der Waals surface area contributed by atoms with Gasteiger partial charge >= 0.3 is 5.97 Å². The number of hydrogen-bond acceptors (Lipinski definition) is 4. The summed E-state index contributed by atoms with van der Waals surface area (Å²) in [6, 6.07) is 1.61. The molecule has 1 N–H and O–H groups in total. The molecule has 0 aliphatic rings. The molecule has 1 unspecified atom stereocenters. The molecule has 72 valence electrons. The lowest BCUT2D eigenvalue weighted by Crippen LogP contribution is -2.28. The molecule has 1 atom stereocenters. The van der Waals surface area contributed by atoms with Gasteiger partial charge in [-0.2, -0.15) is 11.3 Å². The molecule has 1 aromatic heterocycles. The van der Waals surface area contributed by atoms with Crippen LogP contribution in [-0.2, 0) is 9.53 Å². The number of nitrogens with one attached hydrogen (secondary N) is 1. The summed E-state index contributed by atoms with van der Waals surface area (Å²) in [4.78, 5) is 11.3. The van der Waals surface area contributed by atoms with Crippen molar-refractivity contribution in [2.24, 2.45) is 0 Å². The molecule has 0 radical (unpaired) electrons. The fourth-order valence-corrected chi connectivity index (χ4v) is 1.78. The minimum absolute atomic E-state index is 0.236. The minimum Gasteiger partial charge on any atom is -0.468 e. The Morgan fingerprint density at radius 3 is 3.00 bits per heavy atom. The number of ether oxygens (including phenoxy) is 1. The van der Waals surface area contributed by atoms with E-state index in [0.29, 0.717) is 0 Å². The van der Waals surface area contributed by atoms with Crippen LogP contribution in [-0.4, -0.2) is 19.6 Å². The summed E-state index contributed by atoms with van der Waals surface area (Å²) in [5.41, 5.74) is 0.971. The average Bonchev–Trinajstić information content (AvgIpc) is 2.65. The maximum absolute atomic E-state index is 11.3. The lowest BCUT2D eigenvalue weighted by atomic mass is 10.1. The predicted molar refractivity (Wildman–Crippen MR) is 52.8 cm³/mol. The van der Waals surface area contributed by atoms with Gasteiger partial charge in [0.2, 0.25) is 0 Å². The van der Waals surface area contributed by atoms with Gasteiger partial charge in [0, 0.05) is 0 Å². The Hall–Kier alpha value is -0.870. The fourth-order valence-electron chi connectivity index (χ4n) is 1.10. The van der Waals surface area contributed by atoms with Crippen LogP contribution in [0.25, 0.3) is 0 Å². The van der Waals surface area contributed by atoms with E-state index in [1.54, 1.807) is 11.3 Å². The zero-order valence-corrected chi connectivity index (χ0v) is 8.56. The van der Waals surface area contributed by atoms with E-state index in [1.165, 1.54) is 7.11 Å². The first kappa shape index (κ1) is 10.2. The maximum Gasteiger partial charge on any atom is 0.327 e. The third kappa shape index (κ3) is 2.54. The monoisotopic (exact) mass is 199 g/mol. The van der Waals surface area contributed by atoms with Crippen LogP contribution in [0.3, 0.4) is 0 Å². The van der Waals surface area contributed by atoms with E-state index in [-0.39, 0.29) is 12.0 Å². The van der Waals surface area contributed by atoms with E-state index in [0.717, 1.165) is 12.1 Å². The molecule has 0 aromatic carbocycles. The molecule has 0 amide bonds. The second-order valence-electron chi connectivity index (χ2n) is 2.57. The molecule has 1 aromatic rings. The van der Waals surface area contributed by atoms with Gasteiger partial charge in [-0.1, -0.05) is 6.92 Å². The van der Waals surface area contributed by atoms with Gasteiger partial charge in [-0.05, 0) is 28.9 Å². The number of carbonyl (C=O) groups excluding carboxylic acids is 1. The van der Waals surface area contributed by atoms with E-state index in [1.807, 2.05) is 23.8 Å². The van der Waals surface area contributed by atoms with Gasteiger partial charge in [-0.25, -0.2) is 4.79 Å². The Balaban J connectivity index is 2.74. The van der Waals surface area contributed by atoms with Crippen molar-refractivity contribution in [1.82, 2.24) is 5.32 Å². The molecule has 0 aliphatic heterocycles. The van der Waals surface area contributed by atoms with Crippen LogP contribution in [0.15, 0.2) is 16.8 Å². The van der Waals surface area contributed by atoms with Crippen LogP contribution < -0.4 is 5.32 Å². The molecular formula is C9H13NO2S. The van der Waals surface area contributed by atoms with E-state index in [2.05, 4.69) is 5.32 Å². The summed E-state index contributed by atoms with van der Waals surface area (Å²) in [6.07, 6.45) is 0. The largest absolute Gasteiger partial charge is 0.468 e. The first-order valence-electron chi connectivity index (χ1n) is 4.13. The van der Waals surface area contributed by atoms with E-state index in [9.17, 15) is 4.79 Å². The van der Waals surface area contributed by atoms with Crippen LogP contribution in [0.4, 0.5) is 0 Å². The quantitative estimate of drug-likeness (QED) is 0.748. The van der Waals surface area contributed by atoms with Crippen molar-refractivity contribution in [2.75, 3.05) is 13.7 Å². The number of esters is 1. The number of carbonyl (C=O) groups is 1. The Morgan fingerprint density at radius 2 is 2.54 bits per heavy atom. The molecular weight excluding hydrogens is 186 g/mol.